The van der Waals surface area contributed by atoms with Crippen molar-refractivity contribution in [1.82, 2.24) is 0 Å². The van der Waals surface area contributed by atoms with Crippen molar-refractivity contribution in [2.75, 3.05) is 6.61 Å². The Morgan fingerprint density at radius 2 is 1.60 bits per heavy atom. The second-order valence-corrected chi connectivity index (χ2v) is 2.66. The number of terminal acetylenes is 1. The van der Waals surface area contributed by atoms with Crippen molar-refractivity contribution in [1.29, 1.82) is 0 Å². The van der Waals surface area contributed by atoms with E-state index in [-0.39, 0.29) is 0 Å². The summed E-state index contributed by atoms with van der Waals surface area (Å²) in [5.41, 5.74) is 0. The highest BCUT2D eigenvalue weighted by Crippen LogP contribution is 2.01. The summed E-state index contributed by atoms with van der Waals surface area (Å²) in [5, 5.41) is 0. The smallest absolute Gasteiger partial charge is 0.0956 e. The Morgan fingerprint density at radius 3 is 1.80 bits per heavy atom. The van der Waals surface area contributed by atoms with Crippen molar-refractivity contribution in [2.45, 2.75) is 47.0 Å². The lowest BCUT2D eigenvalue weighted by Gasteiger charge is -2.02. The maximum absolute atomic E-state index is 5.22. The lowest BCUT2D eigenvalue weighted by Crippen LogP contribution is -1.88. The average Bonchev–Trinajstić information content (AvgIpc) is 2.31. The predicted octanol–water partition coefficient (Wildman–Crippen LogP) is 4.56. The van der Waals surface area contributed by atoms with Gasteiger partial charge in [0.25, 0.3) is 0 Å². The largest absolute Gasteiger partial charge is 0.498 e. The molecular formula is C14H26O. The molecule has 0 atom stereocenters. The van der Waals surface area contributed by atoms with Crippen LogP contribution in [0.1, 0.15) is 47.0 Å². The first kappa shape index (κ1) is 19.4. The van der Waals surface area contributed by atoms with Crippen molar-refractivity contribution in [2.24, 2.45) is 0 Å². The molecule has 0 bridgehead atoms. The van der Waals surface area contributed by atoms with Gasteiger partial charge < -0.3 is 4.74 Å². The summed E-state index contributed by atoms with van der Waals surface area (Å²) in [7, 11) is 0. The summed E-state index contributed by atoms with van der Waals surface area (Å²) >= 11 is 0. The zero-order valence-corrected chi connectivity index (χ0v) is 10.8. The van der Waals surface area contributed by atoms with Crippen molar-refractivity contribution in [3.63, 3.8) is 0 Å². The van der Waals surface area contributed by atoms with Crippen LogP contribution in [0.4, 0.5) is 0 Å². The Morgan fingerprint density at radius 1 is 1.13 bits per heavy atom. The van der Waals surface area contributed by atoms with Gasteiger partial charge in [-0.15, -0.1) is 12.8 Å². The van der Waals surface area contributed by atoms with Gasteiger partial charge in [0.05, 0.1) is 12.4 Å². The van der Waals surface area contributed by atoms with Crippen LogP contribution in [0.25, 0.3) is 0 Å². The van der Waals surface area contributed by atoms with E-state index in [2.05, 4.69) is 40.2 Å². The molecule has 0 spiro atoms. The molecule has 0 aromatic carbocycles. The third-order valence-corrected chi connectivity index (χ3v) is 1.48. The van der Waals surface area contributed by atoms with Crippen molar-refractivity contribution in [3.8, 4) is 12.8 Å². The first-order chi connectivity index (χ1) is 7.26. The Bertz CT molecular complexity index is 152. The van der Waals surface area contributed by atoms with Crippen LogP contribution >= 0.6 is 0 Å². The highest BCUT2D eigenvalue weighted by atomic mass is 16.5. The number of hydrogen-bond acceptors (Lipinski definition) is 1. The highest BCUT2D eigenvalue weighted by Gasteiger charge is 1.87. The number of allylic oxidation sites excluding steroid dienone is 3. The molecule has 1 heteroatoms. The van der Waals surface area contributed by atoms with Gasteiger partial charge in [-0.25, -0.2) is 0 Å². The Hall–Kier alpha value is -1.16. The molecule has 1 nitrogen and oxygen atoms in total. The first-order valence-electron chi connectivity index (χ1n) is 5.54. The van der Waals surface area contributed by atoms with Crippen molar-refractivity contribution in [3.05, 3.63) is 24.5 Å². The Kier molecular flexibility index (Phi) is 29.8. The van der Waals surface area contributed by atoms with Gasteiger partial charge in [-0.05, 0) is 13.0 Å². The maximum atomic E-state index is 5.22. The molecule has 0 aliphatic carbocycles. The molecule has 15 heavy (non-hydrogen) atoms. The number of hydrogen-bond donors (Lipinski definition) is 0. The SMILES string of the molecule is C#C.C=C/C=C(/CC)OCC.CCCC. The summed E-state index contributed by atoms with van der Waals surface area (Å²) in [6.45, 7) is 12.7. The fourth-order valence-corrected chi connectivity index (χ4v) is 0.585. The summed E-state index contributed by atoms with van der Waals surface area (Å²) in [5.74, 6) is 1.01. The molecule has 0 aliphatic heterocycles. The zero-order valence-electron chi connectivity index (χ0n) is 10.8. The third kappa shape index (κ3) is 24.5. The lowest BCUT2D eigenvalue weighted by atomic mass is 10.3. The van der Waals surface area contributed by atoms with Gasteiger partial charge in [0.2, 0.25) is 0 Å². The molecule has 0 aromatic heterocycles. The molecule has 0 saturated heterocycles. The highest BCUT2D eigenvalue weighted by molar-refractivity contribution is 5.03. The summed E-state index contributed by atoms with van der Waals surface area (Å²) in [6, 6.07) is 0. The van der Waals surface area contributed by atoms with Gasteiger partial charge in [-0.1, -0.05) is 46.3 Å². The minimum atomic E-state index is 0.744. The molecule has 0 rings (SSSR count). The number of unbranched alkanes of at least 4 members (excludes halogenated alkanes) is 1. The van der Waals surface area contributed by atoms with Crippen LogP contribution in [0, 0.1) is 12.8 Å². The van der Waals surface area contributed by atoms with Crippen LogP contribution in [0.15, 0.2) is 24.5 Å². The van der Waals surface area contributed by atoms with Crippen LogP contribution in [0.5, 0.6) is 0 Å². The van der Waals surface area contributed by atoms with Crippen LogP contribution in [0.3, 0.4) is 0 Å². The summed E-state index contributed by atoms with van der Waals surface area (Å²) in [4.78, 5) is 0. The molecule has 0 aromatic rings. The lowest BCUT2D eigenvalue weighted by molar-refractivity contribution is 0.221. The van der Waals surface area contributed by atoms with Crippen LogP contribution < -0.4 is 0 Å². The van der Waals surface area contributed by atoms with E-state index < -0.39 is 0 Å². The summed E-state index contributed by atoms with van der Waals surface area (Å²) < 4.78 is 5.22. The molecule has 88 valence electrons. The predicted molar refractivity (Wildman–Crippen MR) is 70.7 cm³/mol. The Labute approximate surface area is 96.2 Å². The third-order valence-electron chi connectivity index (χ3n) is 1.48. The summed E-state index contributed by atoms with van der Waals surface area (Å²) in [6.07, 6.45) is 15.2. The first-order valence-corrected chi connectivity index (χ1v) is 5.54. The monoisotopic (exact) mass is 210 g/mol. The minimum absolute atomic E-state index is 0.744. The molecule has 0 unspecified atom stereocenters. The van der Waals surface area contributed by atoms with Gasteiger partial charge in [0, 0.05) is 6.42 Å². The molecule has 0 amide bonds. The van der Waals surface area contributed by atoms with E-state index in [1.165, 1.54) is 12.8 Å². The number of rotatable bonds is 5. The van der Waals surface area contributed by atoms with Crippen LogP contribution in [-0.2, 0) is 4.74 Å². The van der Waals surface area contributed by atoms with E-state index in [9.17, 15) is 0 Å². The number of ether oxygens (including phenoxy) is 1. The molecule has 0 N–H and O–H groups in total. The van der Waals surface area contributed by atoms with Gasteiger partial charge in [0.1, 0.15) is 0 Å². The molecule has 0 saturated carbocycles. The van der Waals surface area contributed by atoms with Gasteiger partial charge >= 0.3 is 0 Å². The fraction of sp³-hybridized carbons (Fsp3) is 0.571. The average molecular weight is 210 g/mol. The Balaban J connectivity index is -0.000000202. The van der Waals surface area contributed by atoms with E-state index in [1.807, 2.05) is 13.0 Å². The maximum Gasteiger partial charge on any atom is 0.0956 e. The van der Waals surface area contributed by atoms with Gasteiger partial charge in [0.15, 0.2) is 0 Å². The fourth-order valence-electron chi connectivity index (χ4n) is 0.585. The molecule has 0 fully saturated rings. The normalized spacial score (nSPS) is 8.80. The molecule has 0 heterocycles. The second kappa shape index (κ2) is 23.0. The van der Waals surface area contributed by atoms with Crippen molar-refractivity contribution >= 4 is 0 Å². The van der Waals surface area contributed by atoms with Crippen LogP contribution in [-0.4, -0.2) is 6.61 Å². The van der Waals surface area contributed by atoms with Gasteiger partial charge in [-0.2, -0.15) is 0 Å². The van der Waals surface area contributed by atoms with Crippen molar-refractivity contribution < 1.29 is 4.74 Å². The van der Waals surface area contributed by atoms with E-state index in [0.717, 1.165) is 18.8 Å². The van der Waals surface area contributed by atoms with E-state index in [4.69, 9.17) is 4.74 Å². The topological polar surface area (TPSA) is 9.23 Å². The van der Waals surface area contributed by atoms with E-state index in [0.29, 0.717) is 0 Å². The quantitative estimate of drug-likeness (QED) is 0.367. The van der Waals surface area contributed by atoms with Gasteiger partial charge in [-0.3, -0.25) is 0 Å². The van der Waals surface area contributed by atoms with Crippen LogP contribution in [0.2, 0.25) is 0 Å². The van der Waals surface area contributed by atoms with E-state index >= 15 is 0 Å². The minimum Gasteiger partial charge on any atom is -0.498 e. The second-order valence-electron chi connectivity index (χ2n) is 2.66. The van der Waals surface area contributed by atoms with E-state index in [1.54, 1.807) is 6.08 Å². The zero-order chi connectivity index (χ0) is 12.5. The molecule has 0 aliphatic rings. The standard InChI is InChI=1S/C8H14O.C4H10.C2H2/c1-4-7-8(5-2)9-6-3;1-3-4-2;1-2/h4,7H,1,5-6H2,2-3H3;3-4H2,1-2H3;1-2H/b8-7-;;. The molecular weight excluding hydrogens is 184 g/mol. The molecule has 0 radical (unpaired) electrons.